The Labute approximate surface area is 144 Å². The molecule has 6 nitrogen and oxygen atoms in total. The predicted octanol–water partition coefficient (Wildman–Crippen LogP) is 1.69. The topological polar surface area (TPSA) is 54.3 Å². The van der Waals surface area contributed by atoms with Gasteiger partial charge in [-0.2, -0.15) is 0 Å². The third-order valence-electron chi connectivity index (χ3n) is 6.12. The molecule has 0 atom stereocenters. The highest BCUT2D eigenvalue weighted by Gasteiger charge is 2.30. The lowest BCUT2D eigenvalue weighted by atomic mass is 9.84. The minimum atomic E-state index is 0.324. The fourth-order valence-electron chi connectivity index (χ4n) is 4.30. The Morgan fingerprint density at radius 2 is 1.92 bits per heavy atom. The largest absolute Gasteiger partial charge is 0.345 e. The van der Waals surface area contributed by atoms with Crippen LogP contribution >= 0.6 is 0 Å². The van der Waals surface area contributed by atoms with Gasteiger partial charge >= 0.3 is 0 Å². The van der Waals surface area contributed by atoms with Crippen LogP contribution in [0.25, 0.3) is 0 Å². The number of nitrogens with zero attached hydrogens (tertiary/aromatic N) is 5. The summed E-state index contributed by atoms with van der Waals surface area (Å²) in [6.45, 7) is 5.17. The summed E-state index contributed by atoms with van der Waals surface area (Å²) >= 11 is 0. The third kappa shape index (κ3) is 3.21. The van der Waals surface area contributed by atoms with Gasteiger partial charge < -0.3 is 9.47 Å². The highest BCUT2D eigenvalue weighted by molar-refractivity contribution is 5.79. The van der Waals surface area contributed by atoms with E-state index in [-0.39, 0.29) is 0 Å². The van der Waals surface area contributed by atoms with Crippen molar-refractivity contribution in [3.05, 3.63) is 11.6 Å². The number of likely N-dealkylation sites (tertiary alicyclic amines) is 1. The van der Waals surface area contributed by atoms with E-state index < -0.39 is 0 Å². The molecule has 0 spiro atoms. The lowest BCUT2D eigenvalue weighted by Gasteiger charge is -2.35. The molecule has 0 radical (unpaired) electrons. The standard InChI is InChI=1S/C18H29N5O/c1-21(18(24)15-4-2-5-15)12-14-7-10-22(11-8-14)13-17-20-19-16-6-3-9-23(16)17/h14-15H,2-13H2,1H3. The van der Waals surface area contributed by atoms with E-state index in [1.54, 1.807) is 0 Å². The number of hydrogen-bond acceptors (Lipinski definition) is 4. The van der Waals surface area contributed by atoms with Crippen molar-refractivity contribution < 1.29 is 4.79 Å². The first kappa shape index (κ1) is 16.1. The number of hydrogen-bond donors (Lipinski definition) is 0. The van der Waals surface area contributed by atoms with Crippen LogP contribution in [0.15, 0.2) is 0 Å². The summed E-state index contributed by atoms with van der Waals surface area (Å²) in [5.41, 5.74) is 0. The molecule has 24 heavy (non-hydrogen) atoms. The van der Waals surface area contributed by atoms with Crippen LogP contribution in [0.2, 0.25) is 0 Å². The fraction of sp³-hybridized carbons (Fsp3) is 0.833. The monoisotopic (exact) mass is 331 g/mol. The van der Waals surface area contributed by atoms with E-state index in [0.29, 0.717) is 17.7 Å². The Balaban J connectivity index is 1.23. The minimum absolute atomic E-state index is 0.324. The van der Waals surface area contributed by atoms with Crippen molar-refractivity contribution in [1.82, 2.24) is 24.6 Å². The van der Waals surface area contributed by atoms with Gasteiger partial charge in [-0.3, -0.25) is 9.69 Å². The minimum Gasteiger partial charge on any atom is -0.345 e. The number of fused-ring (bicyclic) bond motifs is 1. The van der Waals surface area contributed by atoms with Gasteiger partial charge in [-0.15, -0.1) is 10.2 Å². The van der Waals surface area contributed by atoms with Crippen molar-refractivity contribution in [3.63, 3.8) is 0 Å². The van der Waals surface area contributed by atoms with E-state index in [2.05, 4.69) is 19.7 Å². The van der Waals surface area contributed by atoms with Gasteiger partial charge in [-0.1, -0.05) is 6.42 Å². The number of aryl methyl sites for hydroxylation is 1. The Morgan fingerprint density at radius 1 is 1.12 bits per heavy atom. The van der Waals surface area contributed by atoms with Crippen LogP contribution in [-0.2, 0) is 24.3 Å². The van der Waals surface area contributed by atoms with Crippen molar-refractivity contribution in [2.45, 2.75) is 58.0 Å². The zero-order valence-electron chi connectivity index (χ0n) is 14.8. The Hall–Kier alpha value is -1.43. The SMILES string of the molecule is CN(CC1CCN(Cc2nnc3n2CCC3)CC1)C(=O)C1CCC1. The Kier molecular flexibility index (Phi) is 4.57. The molecule has 132 valence electrons. The van der Waals surface area contributed by atoms with E-state index in [9.17, 15) is 4.79 Å². The lowest BCUT2D eigenvalue weighted by molar-refractivity contribution is -0.137. The first-order chi connectivity index (χ1) is 11.7. The average Bonchev–Trinajstić information content (AvgIpc) is 3.12. The summed E-state index contributed by atoms with van der Waals surface area (Å²) in [7, 11) is 1.99. The van der Waals surface area contributed by atoms with Crippen LogP contribution in [-0.4, -0.2) is 57.2 Å². The number of amides is 1. The number of carbonyl (C=O) groups excluding carboxylic acids is 1. The Morgan fingerprint density at radius 3 is 2.62 bits per heavy atom. The summed E-state index contributed by atoms with van der Waals surface area (Å²) in [4.78, 5) is 16.8. The van der Waals surface area contributed by atoms with Gasteiger partial charge in [0, 0.05) is 32.5 Å². The second-order valence-corrected chi connectivity index (χ2v) is 7.85. The molecule has 2 aliphatic heterocycles. The first-order valence-electron chi connectivity index (χ1n) is 9.59. The van der Waals surface area contributed by atoms with Gasteiger partial charge in [-0.05, 0) is 51.1 Å². The van der Waals surface area contributed by atoms with Crippen LogP contribution in [0.3, 0.4) is 0 Å². The number of rotatable bonds is 5. The molecular formula is C18H29N5O. The maximum atomic E-state index is 12.3. The van der Waals surface area contributed by atoms with Crippen molar-refractivity contribution >= 4 is 5.91 Å². The molecule has 1 amide bonds. The van der Waals surface area contributed by atoms with E-state index >= 15 is 0 Å². The van der Waals surface area contributed by atoms with Crippen molar-refractivity contribution in [3.8, 4) is 0 Å². The highest BCUT2D eigenvalue weighted by atomic mass is 16.2. The third-order valence-corrected chi connectivity index (χ3v) is 6.12. The van der Waals surface area contributed by atoms with Crippen LogP contribution in [0.1, 0.15) is 50.2 Å². The van der Waals surface area contributed by atoms with Gasteiger partial charge in [0.25, 0.3) is 0 Å². The van der Waals surface area contributed by atoms with Gasteiger partial charge in [0.15, 0.2) is 0 Å². The van der Waals surface area contributed by atoms with Gasteiger partial charge in [-0.25, -0.2) is 0 Å². The number of piperidine rings is 1. The Bertz CT molecular complexity index is 586. The molecule has 1 aromatic rings. The smallest absolute Gasteiger partial charge is 0.225 e. The maximum absolute atomic E-state index is 12.3. The molecule has 3 heterocycles. The van der Waals surface area contributed by atoms with E-state index in [1.165, 1.54) is 25.7 Å². The van der Waals surface area contributed by atoms with Crippen LogP contribution in [0.4, 0.5) is 0 Å². The lowest BCUT2D eigenvalue weighted by Crippen LogP contribution is -2.42. The molecule has 1 saturated carbocycles. The maximum Gasteiger partial charge on any atom is 0.225 e. The second-order valence-electron chi connectivity index (χ2n) is 7.85. The van der Waals surface area contributed by atoms with E-state index in [0.717, 1.165) is 63.6 Å². The summed E-state index contributed by atoms with van der Waals surface area (Å²) in [5.74, 6) is 3.65. The van der Waals surface area contributed by atoms with Gasteiger partial charge in [0.05, 0.1) is 6.54 Å². The van der Waals surface area contributed by atoms with Crippen LogP contribution in [0, 0.1) is 11.8 Å². The molecule has 1 saturated heterocycles. The molecule has 1 aromatic heterocycles. The second kappa shape index (κ2) is 6.82. The molecule has 4 rings (SSSR count). The number of carbonyl (C=O) groups is 1. The molecule has 3 aliphatic rings. The molecule has 6 heteroatoms. The number of aromatic nitrogens is 3. The summed E-state index contributed by atoms with van der Waals surface area (Å²) < 4.78 is 2.30. The molecule has 2 fully saturated rings. The van der Waals surface area contributed by atoms with Crippen molar-refractivity contribution in [1.29, 1.82) is 0 Å². The van der Waals surface area contributed by atoms with Crippen molar-refractivity contribution in [2.75, 3.05) is 26.7 Å². The van der Waals surface area contributed by atoms with Crippen LogP contribution < -0.4 is 0 Å². The highest BCUT2D eigenvalue weighted by Crippen LogP contribution is 2.29. The zero-order chi connectivity index (χ0) is 16.5. The summed E-state index contributed by atoms with van der Waals surface area (Å²) in [6, 6.07) is 0. The average molecular weight is 331 g/mol. The van der Waals surface area contributed by atoms with Crippen molar-refractivity contribution in [2.24, 2.45) is 11.8 Å². The molecule has 0 unspecified atom stereocenters. The fourth-order valence-corrected chi connectivity index (χ4v) is 4.30. The molecule has 0 N–H and O–H groups in total. The molecule has 0 bridgehead atoms. The van der Waals surface area contributed by atoms with Gasteiger partial charge in [0.1, 0.15) is 11.6 Å². The first-order valence-corrected chi connectivity index (χ1v) is 9.59. The van der Waals surface area contributed by atoms with Crippen LogP contribution in [0.5, 0.6) is 0 Å². The van der Waals surface area contributed by atoms with E-state index in [4.69, 9.17) is 0 Å². The summed E-state index contributed by atoms with van der Waals surface area (Å²) in [6.07, 6.45) is 8.09. The summed E-state index contributed by atoms with van der Waals surface area (Å²) in [5, 5.41) is 8.68. The van der Waals surface area contributed by atoms with Gasteiger partial charge in [0.2, 0.25) is 5.91 Å². The molecule has 1 aliphatic carbocycles. The van der Waals surface area contributed by atoms with E-state index in [1.807, 2.05) is 11.9 Å². The normalized spacial score (nSPS) is 22.4. The quantitative estimate of drug-likeness (QED) is 0.824. The zero-order valence-corrected chi connectivity index (χ0v) is 14.8. The predicted molar refractivity (Wildman–Crippen MR) is 91.3 cm³/mol. The molecule has 0 aromatic carbocycles. The molecular weight excluding hydrogens is 302 g/mol.